The number of ether oxygens (including phenoxy) is 1. The summed E-state index contributed by atoms with van der Waals surface area (Å²) < 4.78 is 19.5. The Hall–Kier alpha value is -2.75. The van der Waals surface area contributed by atoms with Gasteiger partial charge in [0.2, 0.25) is 5.95 Å². The van der Waals surface area contributed by atoms with Crippen molar-refractivity contribution in [1.29, 1.82) is 0 Å². The van der Waals surface area contributed by atoms with Gasteiger partial charge < -0.3 is 19.4 Å². The van der Waals surface area contributed by atoms with Gasteiger partial charge in [-0.25, -0.2) is 19.3 Å². The van der Waals surface area contributed by atoms with Crippen molar-refractivity contribution in [1.82, 2.24) is 19.9 Å². The molecule has 8 nitrogen and oxygen atoms in total. The zero-order valence-corrected chi connectivity index (χ0v) is 21.0. The Labute approximate surface area is 221 Å². The summed E-state index contributed by atoms with van der Waals surface area (Å²) in [6.45, 7) is 8.30. The highest BCUT2D eigenvalue weighted by Gasteiger charge is 2.29. The van der Waals surface area contributed by atoms with Gasteiger partial charge in [-0.05, 0) is 32.0 Å². The molecule has 2 aliphatic rings. The van der Waals surface area contributed by atoms with Crippen molar-refractivity contribution >= 4 is 40.8 Å². The third-order valence-electron chi connectivity index (χ3n) is 6.40. The molecule has 0 spiro atoms. The van der Waals surface area contributed by atoms with Crippen molar-refractivity contribution < 1.29 is 9.13 Å². The summed E-state index contributed by atoms with van der Waals surface area (Å²) >= 11 is 12.4. The van der Waals surface area contributed by atoms with Crippen LogP contribution in [0.4, 0.5) is 22.0 Å². The van der Waals surface area contributed by atoms with E-state index in [0.29, 0.717) is 62.0 Å². The number of anilines is 3. The maximum atomic E-state index is 13.8. The van der Waals surface area contributed by atoms with E-state index in [1.165, 1.54) is 6.07 Å². The molecule has 11 heteroatoms. The first-order valence-electron chi connectivity index (χ1n) is 11.6. The molecule has 2 fully saturated rings. The second-order valence-electron chi connectivity index (χ2n) is 8.82. The van der Waals surface area contributed by atoms with E-state index in [9.17, 15) is 4.39 Å². The number of nitrogens with zero attached hydrogens (tertiary/aromatic N) is 7. The molecule has 1 aromatic carbocycles. The zero-order chi connectivity index (χ0) is 24.5. The molecule has 2 saturated heterocycles. The number of halogens is 3. The van der Waals surface area contributed by atoms with Gasteiger partial charge in [-0.15, -0.1) is 0 Å². The number of piperazine rings is 1. The second kappa shape index (κ2) is 11.1. The minimum atomic E-state index is -0.459. The normalized spacial score (nSPS) is 20.3. The average Bonchev–Trinajstić information content (AvgIpc) is 2.86. The van der Waals surface area contributed by atoms with E-state index < -0.39 is 5.82 Å². The van der Waals surface area contributed by atoms with Crippen LogP contribution < -0.4 is 14.7 Å². The smallest absolute Gasteiger partial charge is 0.228 e. The molecule has 2 aliphatic heterocycles. The Balaban J connectivity index is 0.00000304. The highest BCUT2D eigenvalue weighted by Crippen LogP contribution is 2.31. The summed E-state index contributed by atoms with van der Waals surface area (Å²) in [5.74, 6) is 1.66. The van der Waals surface area contributed by atoms with E-state index in [2.05, 4.69) is 38.5 Å². The highest BCUT2D eigenvalue weighted by molar-refractivity contribution is 6.31. The first-order valence-corrected chi connectivity index (χ1v) is 12.3. The first kappa shape index (κ1) is 26.3. The fourth-order valence-corrected chi connectivity index (χ4v) is 4.95. The molecular formula is C25H30Cl2FN7O. The van der Waals surface area contributed by atoms with Crippen LogP contribution in [0.5, 0.6) is 0 Å². The number of hydrogen-bond acceptors (Lipinski definition) is 8. The van der Waals surface area contributed by atoms with E-state index in [0.717, 1.165) is 11.4 Å². The van der Waals surface area contributed by atoms with Gasteiger partial charge in [0.1, 0.15) is 11.6 Å². The van der Waals surface area contributed by atoms with Gasteiger partial charge in [-0.1, -0.05) is 30.6 Å². The standard InChI is InChI=1S/C24H26Cl2FN7O.CH4/c1-15-13-32(23-22(26)28-5-6-29-23)7-8-33(15)21-12-20(17-3-4-19(27)18(25)11-17)30-24(31-21)34-9-10-35-14-16(34)2;/h3-6,11-12,15-16H,7-10,13-14H2,1-2H3;1H4/t15-,16+;/m1./s1. The monoisotopic (exact) mass is 533 g/mol. The van der Waals surface area contributed by atoms with Crippen LogP contribution in [0.3, 0.4) is 0 Å². The molecule has 5 rings (SSSR count). The summed E-state index contributed by atoms with van der Waals surface area (Å²) in [6, 6.07) is 6.86. The van der Waals surface area contributed by atoms with Crippen molar-refractivity contribution in [3.63, 3.8) is 0 Å². The van der Waals surface area contributed by atoms with Gasteiger partial charge in [-0.3, -0.25) is 0 Å². The lowest BCUT2D eigenvalue weighted by Crippen LogP contribution is -2.53. The SMILES string of the molecule is C.C[C@@H]1CN(c2nccnc2Cl)CCN1c1cc(-c2ccc(F)c(Cl)c2)nc(N2CCOC[C@@H]2C)n1. The van der Waals surface area contributed by atoms with E-state index >= 15 is 0 Å². The number of benzene rings is 1. The molecule has 0 bridgehead atoms. The number of rotatable bonds is 4. The van der Waals surface area contributed by atoms with Gasteiger partial charge in [0.15, 0.2) is 11.0 Å². The van der Waals surface area contributed by atoms with Crippen LogP contribution in [0.2, 0.25) is 10.2 Å². The quantitative estimate of drug-likeness (QED) is 0.466. The molecule has 2 atom stereocenters. The molecule has 192 valence electrons. The van der Waals surface area contributed by atoms with Crippen LogP contribution in [0, 0.1) is 5.82 Å². The number of hydrogen-bond donors (Lipinski definition) is 0. The maximum Gasteiger partial charge on any atom is 0.228 e. The second-order valence-corrected chi connectivity index (χ2v) is 9.58. The van der Waals surface area contributed by atoms with E-state index in [1.807, 2.05) is 6.07 Å². The lowest BCUT2D eigenvalue weighted by atomic mass is 10.1. The van der Waals surface area contributed by atoms with Crippen molar-refractivity contribution in [2.45, 2.75) is 33.4 Å². The maximum absolute atomic E-state index is 13.8. The molecule has 0 saturated carbocycles. The van der Waals surface area contributed by atoms with Gasteiger partial charge in [0, 0.05) is 56.2 Å². The van der Waals surface area contributed by atoms with Gasteiger partial charge >= 0.3 is 0 Å². The number of morpholine rings is 1. The summed E-state index contributed by atoms with van der Waals surface area (Å²) in [5, 5.41) is 0.459. The van der Waals surface area contributed by atoms with Crippen LogP contribution in [0.25, 0.3) is 11.3 Å². The van der Waals surface area contributed by atoms with E-state index in [-0.39, 0.29) is 24.5 Å². The van der Waals surface area contributed by atoms with Gasteiger partial charge in [-0.2, -0.15) is 4.98 Å². The van der Waals surface area contributed by atoms with E-state index in [1.54, 1.807) is 24.5 Å². The van der Waals surface area contributed by atoms with Crippen molar-refractivity contribution in [3.8, 4) is 11.3 Å². The summed E-state index contributed by atoms with van der Waals surface area (Å²) in [5.41, 5.74) is 1.43. The fraction of sp³-hybridized carbons (Fsp3) is 0.440. The van der Waals surface area contributed by atoms with E-state index in [4.69, 9.17) is 37.9 Å². The zero-order valence-electron chi connectivity index (χ0n) is 19.5. The summed E-state index contributed by atoms with van der Waals surface area (Å²) in [6.07, 6.45) is 3.24. The molecule has 3 aromatic rings. The average molecular weight is 534 g/mol. The van der Waals surface area contributed by atoms with Crippen molar-refractivity contribution in [2.24, 2.45) is 0 Å². The molecule has 2 aromatic heterocycles. The fourth-order valence-electron chi connectivity index (χ4n) is 4.54. The van der Waals surface area contributed by atoms with Crippen molar-refractivity contribution in [2.75, 3.05) is 54.1 Å². The molecule has 0 N–H and O–H groups in total. The Morgan fingerprint density at radius 2 is 1.78 bits per heavy atom. The Bertz CT molecular complexity index is 1220. The first-order chi connectivity index (χ1) is 16.9. The topological polar surface area (TPSA) is 70.5 Å². The molecule has 0 aliphatic carbocycles. The van der Waals surface area contributed by atoms with Gasteiger partial charge in [0.05, 0.1) is 30.0 Å². The minimum absolute atomic E-state index is 0. The summed E-state index contributed by atoms with van der Waals surface area (Å²) in [7, 11) is 0. The predicted molar refractivity (Wildman–Crippen MR) is 143 cm³/mol. The molecular weight excluding hydrogens is 504 g/mol. The third kappa shape index (κ3) is 5.33. The van der Waals surface area contributed by atoms with Crippen molar-refractivity contribution in [3.05, 3.63) is 52.7 Å². The van der Waals surface area contributed by atoms with Crippen LogP contribution in [-0.2, 0) is 4.74 Å². The minimum Gasteiger partial charge on any atom is -0.377 e. The van der Waals surface area contributed by atoms with Gasteiger partial charge in [0.25, 0.3) is 0 Å². The molecule has 0 radical (unpaired) electrons. The Morgan fingerprint density at radius 3 is 2.50 bits per heavy atom. The third-order valence-corrected chi connectivity index (χ3v) is 6.95. The Morgan fingerprint density at radius 1 is 0.972 bits per heavy atom. The number of aromatic nitrogens is 4. The molecule has 0 amide bonds. The predicted octanol–water partition coefficient (Wildman–Crippen LogP) is 4.96. The molecule has 36 heavy (non-hydrogen) atoms. The van der Waals surface area contributed by atoms with Crippen LogP contribution >= 0.6 is 23.2 Å². The largest absolute Gasteiger partial charge is 0.377 e. The van der Waals surface area contributed by atoms with Crippen LogP contribution in [0.1, 0.15) is 21.3 Å². The highest BCUT2D eigenvalue weighted by atomic mass is 35.5. The van der Waals surface area contributed by atoms with Crippen LogP contribution in [0.15, 0.2) is 36.7 Å². The summed E-state index contributed by atoms with van der Waals surface area (Å²) in [4.78, 5) is 24.9. The lowest BCUT2D eigenvalue weighted by Gasteiger charge is -2.41. The lowest BCUT2D eigenvalue weighted by molar-refractivity contribution is 0.0981. The Kier molecular flexibility index (Phi) is 8.12. The van der Waals surface area contributed by atoms with Crippen LogP contribution in [-0.4, -0.2) is 71.4 Å². The molecule has 4 heterocycles. The molecule has 0 unspecified atom stereocenters.